The molecule has 2 heterocycles. The summed E-state index contributed by atoms with van der Waals surface area (Å²) in [4.78, 5) is 0. The summed E-state index contributed by atoms with van der Waals surface area (Å²) < 4.78 is 51.5. The fourth-order valence-electron chi connectivity index (χ4n) is 3.68. The van der Waals surface area contributed by atoms with Crippen LogP contribution in [-0.2, 0) is 15.7 Å². The highest BCUT2D eigenvalue weighted by Gasteiger charge is 2.43. The first-order valence-electron chi connectivity index (χ1n) is 10.6. The SMILES string of the molecule is OCC1OC(C#Cc2ccc(C#CC3OC(CO)[C@@H](O)CC3O)cc2C(F)(F)F)C(O)C(O)[C@@H]1O. The third kappa shape index (κ3) is 6.32. The molecule has 0 aliphatic carbocycles. The third-order valence-corrected chi connectivity index (χ3v) is 5.69. The Labute approximate surface area is 198 Å². The lowest BCUT2D eigenvalue weighted by atomic mass is 9.95. The summed E-state index contributed by atoms with van der Waals surface area (Å²) in [5, 5.41) is 67.8. The lowest BCUT2D eigenvalue weighted by Crippen LogP contribution is -2.58. The van der Waals surface area contributed by atoms with E-state index < -0.39 is 85.5 Å². The Balaban J connectivity index is 1.86. The second-order valence-corrected chi connectivity index (χ2v) is 8.19. The summed E-state index contributed by atoms with van der Waals surface area (Å²) in [6, 6.07) is 3.02. The maximum Gasteiger partial charge on any atom is 0.417 e. The molecule has 0 amide bonds. The Morgan fingerprint density at radius 2 is 1.43 bits per heavy atom. The van der Waals surface area contributed by atoms with Crippen molar-refractivity contribution in [1.29, 1.82) is 0 Å². The summed E-state index contributed by atoms with van der Waals surface area (Å²) in [5.41, 5.74) is -1.69. The van der Waals surface area contributed by atoms with E-state index in [0.29, 0.717) is 0 Å². The molecule has 35 heavy (non-hydrogen) atoms. The maximum absolute atomic E-state index is 13.7. The first kappa shape index (κ1) is 27.4. The predicted octanol–water partition coefficient (Wildman–Crippen LogP) is -1.88. The van der Waals surface area contributed by atoms with Gasteiger partial charge in [-0.25, -0.2) is 0 Å². The summed E-state index contributed by atoms with van der Waals surface area (Å²) >= 11 is 0. The van der Waals surface area contributed by atoms with Crippen LogP contribution in [0.5, 0.6) is 0 Å². The van der Waals surface area contributed by atoms with E-state index in [1.807, 2.05) is 0 Å². The van der Waals surface area contributed by atoms with Gasteiger partial charge in [-0.2, -0.15) is 13.2 Å². The zero-order valence-electron chi connectivity index (χ0n) is 18.1. The second kappa shape index (κ2) is 11.2. The number of benzene rings is 1. The zero-order valence-corrected chi connectivity index (χ0v) is 18.1. The highest BCUT2D eigenvalue weighted by Crippen LogP contribution is 2.32. The van der Waals surface area contributed by atoms with Crippen LogP contribution in [0.15, 0.2) is 18.2 Å². The van der Waals surface area contributed by atoms with Gasteiger partial charge in [-0.05, 0) is 18.2 Å². The van der Waals surface area contributed by atoms with Gasteiger partial charge in [-0.3, -0.25) is 0 Å². The van der Waals surface area contributed by atoms with Crippen molar-refractivity contribution in [3.8, 4) is 23.7 Å². The average Bonchev–Trinajstić information content (AvgIpc) is 2.81. The fourth-order valence-corrected chi connectivity index (χ4v) is 3.68. The number of alkyl halides is 3. The molecular formula is C23H25F3O9. The molecule has 7 unspecified atom stereocenters. The van der Waals surface area contributed by atoms with Crippen LogP contribution >= 0.6 is 0 Å². The van der Waals surface area contributed by atoms with E-state index in [-0.39, 0.29) is 12.0 Å². The average molecular weight is 502 g/mol. The third-order valence-electron chi connectivity index (χ3n) is 5.69. The van der Waals surface area contributed by atoms with Crippen LogP contribution in [-0.4, -0.2) is 104 Å². The van der Waals surface area contributed by atoms with Gasteiger partial charge in [-0.15, -0.1) is 0 Å². The molecule has 12 heteroatoms. The number of aliphatic hydroxyl groups is 7. The molecule has 3 rings (SSSR count). The van der Waals surface area contributed by atoms with Crippen molar-refractivity contribution >= 4 is 0 Å². The normalized spacial score (nSPS) is 35.4. The lowest BCUT2D eigenvalue weighted by Gasteiger charge is -2.37. The van der Waals surface area contributed by atoms with Crippen LogP contribution in [0.1, 0.15) is 23.1 Å². The molecule has 9 nitrogen and oxygen atoms in total. The van der Waals surface area contributed by atoms with Gasteiger partial charge >= 0.3 is 6.18 Å². The molecule has 0 saturated carbocycles. The first-order chi connectivity index (χ1) is 16.5. The standard InChI is InChI=1S/C23H25F3O9/c24-23(25,26)13-7-11(2-5-16-14(29)8-15(30)18(9-27)34-16)1-3-12(13)4-6-17-20(31)22(33)21(32)19(10-28)35-17/h1,3,7,14-22,27-33H,8-10H2/t14?,15-,16?,17?,18?,19?,20?,21+,22?/m0/s1. The minimum Gasteiger partial charge on any atom is -0.394 e. The molecule has 2 aliphatic heterocycles. The minimum absolute atomic E-state index is 0.0711. The highest BCUT2D eigenvalue weighted by atomic mass is 19.4. The summed E-state index contributed by atoms with van der Waals surface area (Å²) in [7, 11) is 0. The first-order valence-corrected chi connectivity index (χ1v) is 10.6. The highest BCUT2D eigenvalue weighted by molar-refractivity contribution is 5.49. The van der Waals surface area contributed by atoms with Crippen LogP contribution in [0, 0.1) is 23.7 Å². The molecule has 1 aromatic rings. The van der Waals surface area contributed by atoms with Crippen molar-refractivity contribution in [2.24, 2.45) is 0 Å². The Morgan fingerprint density at radius 1 is 0.800 bits per heavy atom. The quantitative estimate of drug-likeness (QED) is 0.230. The summed E-state index contributed by atoms with van der Waals surface area (Å²) in [6.45, 7) is -1.23. The second-order valence-electron chi connectivity index (χ2n) is 8.19. The largest absolute Gasteiger partial charge is 0.417 e. The van der Waals surface area contributed by atoms with Gasteiger partial charge < -0.3 is 45.2 Å². The van der Waals surface area contributed by atoms with Crippen molar-refractivity contribution < 1.29 is 58.4 Å². The van der Waals surface area contributed by atoms with E-state index in [2.05, 4.69) is 23.7 Å². The van der Waals surface area contributed by atoms with Gasteiger partial charge in [0.2, 0.25) is 0 Å². The number of aliphatic hydroxyl groups excluding tert-OH is 7. The van der Waals surface area contributed by atoms with E-state index in [1.165, 1.54) is 6.07 Å². The van der Waals surface area contributed by atoms with Crippen LogP contribution in [0.4, 0.5) is 13.2 Å². The van der Waals surface area contributed by atoms with Gasteiger partial charge in [0.05, 0.1) is 31.0 Å². The fraction of sp³-hybridized carbons (Fsp3) is 0.565. The molecule has 0 spiro atoms. The van der Waals surface area contributed by atoms with Crippen molar-refractivity contribution in [3.63, 3.8) is 0 Å². The van der Waals surface area contributed by atoms with Gasteiger partial charge in [0.15, 0.2) is 0 Å². The number of halogens is 3. The van der Waals surface area contributed by atoms with E-state index in [9.17, 15) is 48.9 Å². The van der Waals surface area contributed by atoms with E-state index >= 15 is 0 Å². The van der Waals surface area contributed by atoms with Crippen LogP contribution in [0.25, 0.3) is 0 Å². The molecule has 192 valence electrons. The van der Waals surface area contributed by atoms with Crippen LogP contribution in [0.2, 0.25) is 0 Å². The molecule has 9 atom stereocenters. The molecule has 0 radical (unpaired) electrons. The molecular weight excluding hydrogens is 477 g/mol. The number of rotatable bonds is 2. The summed E-state index contributed by atoms with van der Waals surface area (Å²) in [6.07, 6.45) is -17.2. The molecule has 1 aromatic carbocycles. The zero-order chi connectivity index (χ0) is 25.9. The topological polar surface area (TPSA) is 160 Å². The van der Waals surface area contributed by atoms with Crippen LogP contribution < -0.4 is 0 Å². The maximum atomic E-state index is 13.7. The van der Waals surface area contributed by atoms with E-state index in [4.69, 9.17) is 9.47 Å². The van der Waals surface area contributed by atoms with E-state index in [1.54, 1.807) is 0 Å². The van der Waals surface area contributed by atoms with Crippen molar-refractivity contribution in [2.45, 2.75) is 67.5 Å². The minimum atomic E-state index is -4.83. The monoisotopic (exact) mass is 502 g/mol. The Kier molecular flexibility index (Phi) is 8.77. The Morgan fingerprint density at radius 3 is 2.06 bits per heavy atom. The molecule has 2 aliphatic rings. The van der Waals surface area contributed by atoms with Gasteiger partial charge in [0.1, 0.15) is 42.7 Å². The van der Waals surface area contributed by atoms with Crippen molar-refractivity contribution in [1.82, 2.24) is 0 Å². The Hall–Kier alpha value is -2.23. The van der Waals surface area contributed by atoms with E-state index in [0.717, 1.165) is 12.1 Å². The smallest absolute Gasteiger partial charge is 0.394 e. The van der Waals surface area contributed by atoms with Crippen LogP contribution in [0.3, 0.4) is 0 Å². The Bertz CT molecular complexity index is 1010. The van der Waals surface area contributed by atoms with Crippen molar-refractivity contribution in [3.05, 3.63) is 34.9 Å². The number of ether oxygens (including phenoxy) is 2. The van der Waals surface area contributed by atoms with Crippen molar-refractivity contribution in [2.75, 3.05) is 13.2 Å². The van der Waals surface area contributed by atoms with Gasteiger partial charge in [0.25, 0.3) is 0 Å². The summed E-state index contributed by atoms with van der Waals surface area (Å²) in [5.74, 6) is 9.54. The molecule has 2 saturated heterocycles. The predicted molar refractivity (Wildman–Crippen MR) is 111 cm³/mol. The molecule has 0 bridgehead atoms. The number of hydrogen-bond donors (Lipinski definition) is 7. The lowest BCUT2D eigenvalue weighted by molar-refractivity contribution is -0.214. The molecule has 0 aromatic heterocycles. The number of hydrogen-bond acceptors (Lipinski definition) is 9. The molecule has 7 N–H and O–H groups in total. The van der Waals surface area contributed by atoms with Gasteiger partial charge in [-0.1, -0.05) is 23.7 Å². The molecule has 2 fully saturated rings. The van der Waals surface area contributed by atoms with Gasteiger partial charge in [0, 0.05) is 17.5 Å².